The van der Waals surface area contributed by atoms with Crippen LogP contribution in [0.1, 0.15) is 31.9 Å². The summed E-state index contributed by atoms with van der Waals surface area (Å²) in [6, 6.07) is 21.7. The molecule has 9 heteroatoms. The van der Waals surface area contributed by atoms with Gasteiger partial charge in [-0.05, 0) is 67.6 Å². The van der Waals surface area contributed by atoms with Gasteiger partial charge < -0.3 is 10.2 Å². The van der Waals surface area contributed by atoms with Crippen LogP contribution in [0.25, 0.3) is 0 Å². The number of nitrogens with one attached hydrogen (secondary N) is 1. The van der Waals surface area contributed by atoms with Crippen molar-refractivity contribution in [3.05, 3.63) is 95.0 Å². The maximum atomic E-state index is 13.9. The molecule has 0 aliphatic rings. The molecule has 1 N–H and O–H groups in total. The molecular formula is C30H36ClN3O4S. The van der Waals surface area contributed by atoms with Crippen molar-refractivity contribution in [3.8, 4) is 0 Å². The number of sulfonamides is 1. The Morgan fingerprint density at radius 2 is 1.51 bits per heavy atom. The van der Waals surface area contributed by atoms with Crippen LogP contribution in [0.2, 0.25) is 5.02 Å². The Morgan fingerprint density at radius 3 is 2.13 bits per heavy atom. The fourth-order valence-corrected chi connectivity index (χ4v) is 5.72. The molecule has 0 spiro atoms. The van der Waals surface area contributed by atoms with Gasteiger partial charge in [0, 0.05) is 18.1 Å². The number of hydrogen-bond donors (Lipinski definition) is 1. The summed E-state index contributed by atoms with van der Waals surface area (Å²) in [5, 5.41) is 3.30. The molecule has 0 saturated carbocycles. The number of anilines is 1. The number of halogens is 1. The lowest BCUT2D eigenvalue weighted by Gasteiger charge is -2.32. The molecule has 3 aromatic rings. The fraction of sp³-hybridized carbons (Fsp3) is 0.333. The van der Waals surface area contributed by atoms with Gasteiger partial charge in [0.1, 0.15) is 12.6 Å². The van der Waals surface area contributed by atoms with Crippen LogP contribution in [0.3, 0.4) is 0 Å². The topological polar surface area (TPSA) is 86.8 Å². The number of rotatable bonds is 12. The number of hydrogen-bond acceptors (Lipinski definition) is 4. The second-order valence-electron chi connectivity index (χ2n) is 9.89. The highest BCUT2D eigenvalue weighted by atomic mass is 35.5. The standard InChI is InChI=1S/C30H36ClN3O4S/c1-22(2)20-32-30(36)24(4)33(19-18-25-11-6-5-7-12-25)29(35)21-34(28-13-9-8-10-23(28)3)39(37,38)27-16-14-26(31)15-17-27/h5-17,22,24H,18-21H2,1-4H3,(H,32,36). The van der Waals surface area contributed by atoms with Crippen molar-refractivity contribution in [2.45, 2.75) is 45.1 Å². The fourth-order valence-electron chi connectivity index (χ4n) is 4.11. The Hall–Kier alpha value is -3.36. The zero-order valence-corrected chi connectivity index (χ0v) is 24.4. The summed E-state index contributed by atoms with van der Waals surface area (Å²) >= 11 is 6.00. The highest BCUT2D eigenvalue weighted by Gasteiger charge is 2.32. The molecule has 1 unspecified atom stereocenters. The van der Waals surface area contributed by atoms with E-state index in [4.69, 9.17) is 11.6 Å². The van der Waals surface area contributed by atoms with Crippen LogP contribution in [0.4, 0.5) is 5.69 Å². The van der Waals surface area contributed by atoms with E-state index in [0.717, 1.165) is 9.87 Å². The van der Waals surface area contributed by atoms with Gasteiger partial charge in [0.2, 0.25) is 11.8 Å². The van der Waals surface area contributed by atoms with Gasteiger partial charge in [-0.25, -0.2) is 8.42 Å². The lowest BCUT2D eigenvalue weighted by Crippen LogP contribution is -2.52. The van der Waals surface area contributed by atoms with E-state index in [1.54, 1.807) is 38.1 Å². The van der Waals surface area contributed by atoms with Crippen LogP contribution in [-0.2, 0) is 26.0 Å². The monoisotopic (exact) mass is 569 g/mol. The summed E-state index contributed by atoms with van der Waals surface area (Å²) in [4.78, 5) is 28.4. The third-order valence-corrected chi connectivity index (χ3v) is 8.43. The van der Waals surface area contributed by atoms with Crippen LogP contribution >= 0.6 is 11.6 Å². The minimum atomic E-state index is -4.13. The summed E-state index contributed by atoms with van der Waals surface area (Å²) in [5.74, 6) is -0.511. The quantitative estimate of drug-likeness (QED) is 0.330. The average molecular weight is 570 g/mol. The van der Waals surface area contributed by atoms with Gasteiger partial charge in [-0.1, -0.05) is 74.0 Å². The van der Waals surface area contributed by atoms with Crippen LogP contribution in [0.15, 0.2) is 83.8 Å². The number of carbonyl (C=O) groups excluding carboxylic acids is 2. The molecule has 0 aliphatic carbocycles. The molecule has 0 fully saturated rings. The molecule has 3 rings (SSSR count). The van der Waals surface area contributed by atoms with E-state index in [2.05, 4.69) is 5.32 Å². The third kappa shape index (κ3) is 8.07. The summed E-state index contributed by atoms with van der Waals surface area (Å²) < 4.78 is 28.8. The maximum absolute atomic E-state index is 13.9. The van der Waals surface area contributed by atoms with Crippen molar-refractivity contribution in [3.63, 3.8) is 0 Å². The molecule has 1 atom stereocenters. The van der Waals surface area contributed by atoms with E-state index in [-0.39, 0.29) is 23.3 Å². The van der Waals surface area contributed by atoms with Gasteiger partial charge in [-0.2, -0.15) is 0 Å². The summed E-state index contributed by atoms with van der Waals surface area (Å²) in [6.45, 7) is 7.71. The first kappa shape index (κ1) is 30.2. The smallest absolute Gasteiger partial charge is 0.264 e. The first-order chi connectivity index (χ1) is 18.5. The molecule has 39 heavy (non-hydrogen) atoms. The van der Waals surface area contributed by atoms with Crippen LogP contribution < -0.4 is 9.62 Å². The number of carbonyl (C=O) groups is 2. The zero-order chi connectivity index (χ0) is 28.6. The first-order valence-electron chi connectivity index (χ1n) is 13.0. The lowest BCUT2D eigenvalue weighted by atomic mass is 10.1. The second kappa shape index (κ2) is 13.6. The largest absolute Gasteiger partial charge is 0.354 e. The van der Waals surface area contributed by atoms with Gasteiger partial charge in [0.05, 0.1) is 10.6 Å². The van der Waals surface area contributed by atoms with Gasteiger partial charge in [-0.3, -0.25) is 13.9 Å². The summed E-state index contributed by atoms with van der Waals surface area (Å²) in [7, 11) is -4.13. The molecule has 0 saturated heterocycles. The second-order valence-corrected chi connectivity index (χ2v) is 12.2. The predicted molar refractivity (Wildman–Crippen MR) is 156 cm³/mol. The molecule has 208 valence electrons. The molecular weight excluding hydrogens is 534 g/mol. The Morgan fingerprint density at radius 1 is 0.897 bits per heavy atom. The van der Waals surface area contributed by atoms with Crippen LogP contribution in [-0.4, -0.2) is 50.8 Å². The first-order valence-corrected chi connectivity index (χ1v) is 14.8. The van der Waals surface area contributed by atoms with Crippen LogP contribution in [0, 0.1) is 12.8 Å². The van der Waals surface area contributed by atoms with Gasteiger partial charge in [-0.15, -0.1) is 0 Å². The van der Waals surface area contributed by atoms with Crippen molar-refractivity contribution in [2.75, 3.05) is 23.9 Å². The van der Waals surface area contributed by atoms with E-state index in [1.165, 1.54) is 29.2 Å². The summed E-state index contributed by atoms with van der Waals surface area (Å²) in [6.07, 6.45) is 0.517. The highest BCUT2D eigenvalue weighted by molar-refractivity contribution is 7.92. The Balaban J connectivity index is 1.97. The van der Waals surface area contributed by atoms with Gasteiger partial charge >= 0.3 is 0 Å². The van der Waals surface area contributed by atoms with E-state index in [0.29, 0.717) is 29.2 Å². The average Bonchev–Trinajstić information content (AvgIpc) is 2.91. The molecule has 3 aromatic carbocycles. The zero-order valence-electron chi connectivity index (χ0n) is 22.8. The SMILES string of the molecule is Cc1ccccc1N(CC(=O)N(CCc1ccccc1)C(C)C(=O)NCC(C)C)S(=O)(=O)c1ccc(Cl)cc1. The van der Waals surface area contributed by atoms with Crippen molar-refractivity contribution in [2.24, 2.45) is 5.92 Å². The molecule has 0 aromatic heterocycles. The summed E-state index contributed by atoms with van der Waals surface area (Å²) in [5.41, 5.74) is 2.09. The maximum Gasteiger partial charge on any atom is 0.264 e. The van der Waals surface area contributed by atoms with E-state index >= 15 is 0 Å². The Kier molecular flexibility index (Phi) is 10.5. The van der Waals surface area contributed by atoms with Crippen LogP contribution in [0.5, 0.6) is 0 Å². The van der Waals surface area contributed by atoms with Gasteiger partial charge in [0.15, 0.2) is 0 Å². The lowest BCUT2D eigenvalue weighted by molar-refractivity contribution is -0.138. The number of aryl methyl sites for hydroxylation is 1. The molecule has 7 nitrogen and oxygen atoms in total. The molecule has 0 aliphatic heterocycles. The molecule has 0 heterocycles. The van der Waals surface area contributed by atoms with E-state index in [9.17, 15) is 18.0 Å². The normalized spacial score (nSPS) is 12.2. The highest BCUT2D eigenvalue weighted by Crippen LogP contribution is 2.28. The number of benzene rings is 3. The minimum Gasteiger partial charge on any atom is -0.354 e. The minimum absolute atomic E-state index is 0.0153. The molecule has 0 bridgehead atoms. The predicted octanol–water partition coefficient (Wildman–Crippen LogP) is 5.08. The van der Waals surface area contributed by atoms with Crippen molar-refractivity contribution in [1.82, 2.24) is 10.2 Å². The third-order valence-electron chi connectivity index (χ3n) is 6.40. The van der Waals surface area contributed by atoms with Gasteiger partial charge in [0.25, 0.3) is 10.0 Å². The van der Waals surface area contributed by atoms with E-state index in [1.807, 2.05) is 44.2 Å². The number of para-hydroxylation sites is 1. The molecule has 0 radical (unpaired) electrons. The molecule has 2 amide bonds. The van der Waals surface area contributed by atoms with Crippen molar-refractivity contribution < 1.29 is 18.0 Å². The Bertz CT molecular complexity index is 1360. The van der Waals surface area contributed by atoms with E-state index < -0.39 is 28.5 Å². The Labute approximate surface area is 236 Å². The number of nitrogens with zero attached hydrogens (tertiary/aromatic N) is 2. The van der Waals surface area contributed by atoms with Crippen molar-refractivity contribution in [1.29, 1.82) is 0 Å². The number of amides is 2. The van der Waals surface area contributed by atoms with Crippen molar-refractivity contribution >= 4 is 39.1 Å².